The zero-order valence-corrected chi connectivity index (χ0v) is 10.3. The van der Waals surface area contributed by atoms with Gasteiger partial charge in [-0.05, 0) is 26.7 Å². The summed E-state index contributed by atoms with van der Waals surface area (Å²) in [6, 6.07) is 0.933. The smallest absolute Gasteiger partial charge is 0.0561 e. The number of hydrogen-bond acceptors (Lipinski definition) is 3. The first-order chi connectivity index (χ1) is 7.65. The van der Waals surface area contributed by atoms with Crippen molar-refractivity contribution in [3.63, 3.8) is 0 Å². The minimum Gasteiger partial charge on any atom is -0.378 e. The van der Waals surface area contributed by atoms with Crippen LogP contribution in [0.15, 0.2) is 12.4 Å². The van der Waals surface area contributed by atoms with Crippen molar-refractivity contribution in [2.24, 2.45) is 7.05 Å². The lowest BCUT2D eigenvalue weighted by Gasteiger charge is -2.30. The zero-order valence-electron chi connectivity index (χ0n) is 10.3. The maximum Gasteiger partial charge on any atom is 0.0561 e. The Bertz CT molecular complexity index is 337. The number of nitrogens with one attached hydrogen (secondary N) is 1. The molecule has 1 N–H and O–H groups in total. The summed E-state index contributed by atoms with van der Waals surface area (Å²) < 4.78 is 7.39. The monoisotopic (exact) mass is 223 g/mol. The maximum absolute atomic E-state index is 5.54. The fourth-order valence-corrected chi connectivity index (χ4v) is 2.26. The number of ether oxygens (including phenoxy) is 1. The van der Waals surface area contributed by atoms with Crippen LogP contribution >= 0.6 is 0 Å². The van der Waals surface area contributed by atoms with Crippen molar-refractivity contribution in [1.82, 2.24) is 15.1 Å². The van der Waals surface area contributed by atoms with Gasteiger partial charge in [-0.3, -0.25) is 4.68 Å². The Balaban J connectivity index is 1.89. The number of rotatable bonds is 3. The summed E-state index contributed by atoms with van der Waals surface area (Å²) in [6.07, 6.45) is 6.59. The van der Waals surface area contributed by atoms with Gasteiger partial charge in [-0.15, -0.1) is 0 Å². The van der Waals surface area contributed by atoms with Crippen molar-refractivity contribution in [2.75, 3.05) is 6.61 Å². The Hall–Kier alpha value is -0.870. The van der Waals surface area contributed by atoms with Crippen LogP contribution in [-0.4, -0.2) is 28.5 Å². The molecule has 2 heterocycles. The zero-order chi connectivity index (χ0) is 11.5. The molecule has 3 atom stereocenters. The second-order valence-electron chi connectivity index (χ2n) is 4.74. The van der Waals surface area contributed by atoms with Gasteiger partial charge in [-0.1, -0.05) is 0 Å². The topological polar surface area (TPSA) is 39.1 Å². The third-order valence-electron chi connectivity index (χ3n) is 3.20. The van der Waals surface area contributed by atoms with E-state index in [4.69, 9.17) is 4.74 Å². The van der Waals surface area contributed by atoms with Gasteiger partial charge in [0.15, 0.2) is 0 Å². The first-order valence-electron chi connectivity index (χ1n) is 6.01. The predicted octanol–water partition coefficient (Wildman–Crippen LogP) is 1.64. The van der Waals surface area contributed by atoms with Crippen LogP contribution in [-0.2, 0) is 11.8 Å². The fraction of sp³-hybridized carbons (Fsp3) is 0.750. The van der Waals surface area contributed by atoms with Gasteiger partial charge in [-0.25, -0.2) is 0 Å². The Kier molecular flexibility index (Phi) is 3.61. The molecule has 3 unspecified atom stereocenters. The molecule has 0 spiro atoms. The molecule has 0 radical (unpaired) electrons. The highest BCUT2D eigenvalue weighted by Gasteiger charge is 2.21. The highest BCUT2D eigenvalue weighted by molar-refractivity contribution is 5.09. The number of hydrogen-bond donors (Lipinski definition) is 1. The van der Waals surface area contributed by atoms with E-state index >= 15 is 0 Å². The summed E-state index contributed by atoms with van der Waals surface area (Å²) in [5, 5.41) is 7.84. The van der Waals surface area contributed by atoms with Crippen molar-refractivity contribution in [2.45, 2.75) is 44.9 Å². The third kappa shape index (κ3) is 2.83. The van der Waals surface area contributed by atoms with Gasteiger partial charge in [0.05, 0.1) is 12.3 Å². The van der Waals surface area contributed by atoms with Crippen LogP contribution < -0.4 is 5.32 Å². The van der Waals surface area contributed by atoms with Gasteiger partial charge in [-0.2, -0.15) is 5.10 Å². The minimum atomic E-state index is 0.365. The molecule has 4 nitrogen and oxygen atoms in total. The van der Waals surface area contributed by atoms with E-state index in [9.17, 15) is 0 Å². The lowest BCUT2D eigenvalue weighted by molar-refractivity contribution is 0.0116. The highest BCUT2D eigenvalue weighted by Crippen LogP contribution is 2.18. The summed E-state index contributed by atoms with van der Waals surface area (Å²) in [5.41, 5.74) is 1.25. The first kappa shape index (κ1) is 11.6. The quantitative estimate of drug-likeness (QED) is 0.846. The van der Waals surface area contributed by atoms with E-state index in [0.717, 1.165) is 19.4 Å². The lowest BCUT2D eigenvalue weighted by Crippen LogP contribution is -2.39. The summed E-state index contributed by atoms with van der Waals surface area (Å²) in [6.45, 7) is 5.21. The second-order valence-corrected chi connectivity index (χ2v) is 4.74. The SMILES string of the molecule is CC1CC(NC(C)c2cnn(C)c2)CCO1. The van der Waals surface area contributed by atoms with Crippen LogP contribution in [0.1, 0.15) is 38.3 Å². The molecular weight excluding hydrogens is 202 g/mol. The van der Waals surface area contributed by atoms with E-state index in [1.165, 1.54) is 5.56 Å². The first-order valence-corrected chi connectivity index (χ1v) is 6.01. The molecule has 1 aromatic heterocycles. The van der Waals surface area contributed by atoms with Gasteiger partial charge < -0.3 is 10.1 Å². The summed E-state index contributed by atoms with van der Waals surface area (Å²) in [7, 11) is 1.95. The molecule has 0 aromatic carbocycles. The standard InChI is InChI=1S/C12H21N3O/c1-9-6-12(4-5-16-9)14-10(2)11-7-13-15(3)8-11/h7-10,12,14H,4-6H2,1-3H3. The molecule has 0 saturated carbocycles. The molecule has 4 heteroatoms. The molecule has 1 saturated heterocycles. The van der Waals surface area contributed by atoms with E-state index in [-0.39, 0.29) is 0 Å². The Morgan fingerprint density at radius 1 is 1.62 bits per heavy atom. The van der Waals surface area contributed by atoms with E-state index in [2.05, 4.69) is 30.5 Å². The molecule has 2 rings (SSSR count). The minimum absolute atomic E-state index is 0.365. The number of aryl methyl sites for hydroxylation is 1. The normalized spacial score (nSPS) is 27.9. The van der Waals surface area contributed by atoms with Crippen LogP contribution in [0, 0.1) is 0 Å². The maximum atomic E-state index is 5.54. The van der Waals surface area contributed by atoms with Crippen LogP contribution in [0.4, 0.5) is 0 Å². The molecule has 16 heavy (non-hydrogen) atoms. The third-order valence-corrected chi connectivity index (χ3v) is 3.20. The van der Waals surface area contributed by atoms with Gasteiger partial charge in [0, 0.05) is 37.5 Å². The van der Waals surface area contributed by atoms with Crippen molar-refractivity contribution in [1.29, 1.82) is 0 Å². The second kappa shape index (κ2) is 4.97. The van der Waals surface area contributed by atoms with E-state index in [1.54, 1.807) is 0 Å². The Morgan fingerprint density at radius 3 is 3.06 bits per heavy atom. The van der Waals surface area contributed by atoms with E-state index in [0.29, 0.717) is 18.2 Å². The summed E-state index contributed by atoms with van der Waals surface area (Å²) in [5.74, 6) is 0. The van der Waals surface area contributed by atoms with Crippen molar-refractivity contribution < 1.29 is 4.74 Å². The van der Waals surface area contributed by atoms with E-state index in [1.807, 2.05) is 17.9 Å². The van der Waals surface area contributed by atoms with Gasteiger partial charge in [0.2, 0.25) is 0 Å². The summed E-state index contributed by atoms with van der Waals surface area (Å²) in [4.78, 5) is 0. The molecule has 1 fully saturated rings. The van der Waals surface area contributed by atoms with Gasteiger partial charge >= 0.3 is 0 Å². The molecule has 90 valence electrons. The Labute approximate surface area is 97.0 Å². The van der Waals surface area contributed by atoms with Crippen LogP contribution in [0.25, 0.3) is 0 Å². The summed E-state index contributed by atoms with van der Waals surface area (Å²) >= 11 is 0. The average Bonchev–Trinajstić information content (AvgIpc) is 2.65. The lowest BCUT2D eigenvalue weighted by atomic mass is 10.0. The van der Waals surface area contributed by atoms with Crippen molar-refractivity contribution in [3.8, 4) is 0 Å². The number of nitrogens with zero attached hydrogens (tertiary/aromatic N) is 2. The molecule has 1 aromatic rings. The predicted molar refractivity (Wildman–Crippen MR) is 63.2 cm³/mol. The van der Waals surface area contributed by atoms with Crippen LogP contribution in [0.5, 0.6) is 0 Å². The van der Waals surface area contributed by atoms with Crippen LogP contribution in [0.3, 0.4) is 0 Å². The molecule has 1 aliphatic rings. The highest BCUT2D eigenvalue weighted by atomic mass is 16.5. The molecule has 0 bridgehead atoms. The Morgan fingerprint density at radius 2 is 2.44 bits per heavy atom. The van der Waals surface area contributed by atoms with Crippen LogP contribution in [0.2, 0.25) is 0 Å². The van der Waals surface area contributed by atoms with Gasteiger partial charge in [0.1, 0.15) is 0 Å². The van der Waals surface area contributed by atoms with Crippen molar-refractivity contribution in [3.05, 3.63) is 18.0 Å². The van der Waals surface area contributed by atoms with Crippen molar-refractivity contribution >= 4 is 0 Å². The van der Waals surface area contributed by atoms with Gasteiger partial charge in [0.25, 0.3) is 0 Å². The molecule has 0 amide bonds. The molecule has 0 aliphatic carbocycles. The van der Waals surface area contributed by atoms with E-state index < -0.39 is 0 Å². The molecular formula is C12H21N3O. The average molecular weight is 223 g/mol. The largest absolute Gasteiger partial charge is 0.378 e. The molecule has 1 aliphatic heterocycles. The fourth-order valence-electron chi connectivity index (χ4n) is 2.26. The number of aromatic nitrogens is 2.